The van der Waals surface area contributed by atoms with Crippen molar-refractivity contribution in [2.24, 2.45) is 0 Å². The average molecular weight is 504 g/mol. The first-order chi connectivity index (χ1) is 17.6. The highest BCUT2D eigenvalue weighted by Crippen LogP contribution is 2.31. The number of anilines is 1. The Morgan fingerprint density at radius 3 is 2.64 bits per heavy atom. The van der Waals surface area contributed by atoms with E-state index in [-0.39, 0.29) is 0 Å². The molecule has 0 radical (unpaired) electrons. The Bertz CT molecular complexity index is 1380. The largest absolute Gasteiger partial charge is 0.489 e. The summed E-state index contributed by atoms with van der Waals surface area (Å²) < 4.78 is 16.7. The molecule has 4 aromatic rings. The van der Waals surface area contributed by atoms with Gasteiger partial charge in [-0.3, -0.25) is 4.79 Å². The van der Waals surface area contributed by atoms with Crippen molar-refractivity contribution < 1.29 is 19.0 Å². The molecule has 7 nitrogen and oxygen atoms in total. The molecular weight excluding hydrogens is 478 g/mol. The smallest absolute Gasteiger partial charge is 0.300 e. The second kappa shape index (κ2) is 12.8. The number of aromatic amines is 1. The zero-order valence-corrected chi connectivity index (χ0v) is 20.6. The lowest BCUT2D eigenvalue weighted by atomic mass is 10.1. The molecule has 0 fully saturated rings. The third kappa shape index (κ3) is 7.09. The fourth-order valence-electron chi connectivity index (χ4n) is 3.40. The second-order valence-electron chi connectivity index (χ2n) is 7.69. The van der Waals surface area contributed by atoms with Gasteiger partial charge in [0.2, 0.25) is 0 Å². The molecule has 0 saturated heterocycles. The van der Waals surface area contributed by atoms with Crippen LogP contribution >= 0.6 is 11.6 Å². The number of nitrogens with one attached hydrogen (secondary N) is 2. The van der Waals surface area contributed by atoms with E-state index in [0.717, 1.165) is 22.2 Å². The summed E-state index contributed by atoms with van der Waals surface area (Å²) in [4.78, 5) is 20.5. The van der Waals surface area contributed by atoms with Gasteiger partial charge in [-0.05, 0) is 55.5 Å². The van der Waals surface area contributed by atoms with Gasteiger partial charge in [-0.25, -0.2) is 4.98 Å². The van der Waals surface area contributed by atoms with Gasteiger partial charge in [-0.1, -0.05) is 35.7 Å². The van der Waals surface area contributed by atoms with E-state index in [1.807, 2.05) is 55.5 Å². The van der Waals surface area contributed by atoms with Gasteiger partial charge < -0.3 is 24.5 Å². The second-order valence-corrected chi connectivity index (χ2v) is 8.12. The molecule has 0 atom stereocenters. The van der Waals surface area contributed by atoms with Crippen molar-refractivity contribution in [3.8, 4) is 29.0 Å². The Labute approximate surface area is 214 Å². The summed E-state index contributed by atoms with van der Waals surface area (Å²) in [6.07, 6.45) is 0. The summed E-state index contributed by atoms with van der Waals surface area (Å²) in [5.41, 5.74) is 3.62. The van der Waals surface area contributed by atoms with E-state index in [4.69, 9.17) is 25.8 Å². The Morgan fingerprint density at radius 2 is 1.81 bits per heavy atom. The Morgan fingerprint density at radius 1 is 1.00 bits per heavy atom. The van der Waals surface area contributed by atoms with Crippen LogP contribution in [-0.4, -0.2) is 48.9 Å². The van der Waals surface area contributed by atoms with Crippen LogP contribution in [0, 0.1) is 11.8 Å². The summed E-state index contributed by atoms with van der Waals surface area (Å²) in [7, 11) is 0. The molecule has 3 aromatic carbocycles. The number of H-pyrrole nitrogens is 1. The molecule has 1 heterocycles. The van der Waals surface area contributed by atoms with Gasteiger partial charge in [0.05, 0.1) is 36.5 Å². The van der Waals surface area contributed by atoms with Crippen molar-refractivity contribution in [3.63, 3.8) is 0 Å². The van der Waals surface area contributed by atoms with E-state index in [0.29, 0.717) is 55.3 Å². The number of hydrogen-bond acceptors (Lipinski definition) is 5. The fraction of sp³-hybridized carbons (Fsp3) is 0.214. The number of halogens is 1. The van der Waals surface area contributed by atoms with Gasteiger partial charge in [-0.2, -0.15) is 0 Å². The highest BCUT2D eigenvalue weighted by Gasteiger charge is 2.12. The van der Waals surface area contributed by atoms with Gasteiger partial charge in [-0.15, -0.1) is 0 Å². The Balaban J connectivity index is 1.52. The van der Waals surface area contributed by atoms with Crippen LogP contribution in [0.1, 0.15) is 12.5 Å². The van der Waals surface area contributed by atoms with Crippen molar-refractivity contribution >= 4 is 34.2 Å². The van der Waals surface area contributed by atoms with Gasteiger partial charge in [0.1, 0.15) is 18.2 Å². The number of nitrogens with zero attached hydrogens (tertiary/aromatic N) is 1. The lowest BCUT2D eigenvalue weighted by Crippen LogP contribution is -2.13. The number of hydrogen-bond donors (Lipinski definition) is 2. The molecule has 1 amide bonds. The zero-order chi connectivity index (χ0) is 25.2. The average Bonchev–Trinajstić information content (AvgIpc) is 3.31. The van der Waals surface area contributed by atoms with Crippen molar-refractivity contribution in [2.45, 2.75) is 6.92 Å². The van der Waals surface area contributed by atoms with Crippen LogP contribution in [0.4, 0.5) is 5.69 Å². The summed E-state index contributed by atoms with van der Waals surface area (Å²) in [5, 5.41) is 3.46. The zero-order valence-electron chi connectivity index (χ0n) is 19.8. The first kappa shape index (κ1) is 25.3. The first-order valence-corrected chi connectivity index (χ1v) is 12.0. The lowest BCUT2D eigenvalue weighted by molar-refractivity contribution is -0.111. The van der Waals surface area contributed by atoms with Crippen LogP contribution in [0.15, 0.2) is 66.7 Å². The van der Waals surface area contributed by atoms with Gasteiger partial charge >= 0.3 is 5.91 Å². The maximum Gasteiger partial charge on any atom is 0.300 e. The normalized spacial score (nSPS) is 10.6. The number of imidazole rings is 1. The molecule has 0 bridgehead atoms. The number of fused-ring (bicyclic) bond motifs is 1. The summed E-state index contributed by atoms with van der Waals surface area (Å²) in [5.74, 6) is 6.18. The Hall–Kier alpha value is -3.83. The SMILES string of the molecule is CCOCCOCCOc1ccc(-c2nc3ccc(Cl)cc3[nH]2)cc1NC(=O)C#Cc1ccccc1. The predicted octanol–water partition coefficient (Wildman–Crippen LogP) is 5.31. The molecule has 36 heavy (non-hydrogen) atoms. The fourth-order valence-corrected chi connectivity index (χ4v) is 3.57. The summed E-state index contributed by atoms with van der Waals surface area (Å²) in [6, 6.07) is 20.2. The molecule has 0 aliphatic heterocycles. The van der Waals surface area contributed by atoms with Gasteiger partial charge in [0, 0.05) is 28.7 Å². The molecule has 184 valence electrons. The molecule has 8 heteroatoms. The molecule has 0 unspecified atom stereocenters. The number of rotatable bonds is 10. The first-order valence-electron chi connectivity index (χ1n) is 11.6. The minimum atomic E-state index is -0.454. The maximum atomic E-state index is 12.6. The van der Waals surface area contributed by atoms with E-state index in [1.54, 1.807) is 18.2 Å². The lowest BCUT2D eigenvalue weighted by Gasteiger charge is -2.13. The molecule has 1 aromatic heterocycles. The molecule has 0 aliphatic carbocycles. The van der Waals surface area contributed by atoms with Gasteiger partial charge in [0.15, 0.2) is 0 Å². The van der Waals surface area contributed by atoms with Crippen LogP contribution in [0.3, 0.4) is 0 Å². The molecule has 0 aliphatic rings. The number of amides is 1. The number of benzene rings is 3. The van der Waals surface area contributed by atoms with E-state index in [1.165, 1.54) is 0 Å². The quantitative estimate of drug-likeness (QED) is 0.226. The topological polar surface area (TPSA) is 85.5 Å². The van der Waals surface area contributed by atoms with Crippen molar-refractivity contribution in [1.82, 2.24) is 9.97 Å². The molecular formula is C28H26ClN3O4. The molecule has 2 N–H and O–H groups in total. The van der Waals surface area contributed by atoms with Crippen LogP contribution in [0.2, 0.25) is 5.02 Å². The standard InChI is InChI=1S/C28H26ClN3O4/c1-2-34-14-15-35-16-17-36-26-12-9-21(28-31-23-11-10-22(29)19-24(23)32-28)18-25(26)30-27(33)13-8-20-6-4-3-5-7-20/h3-7,9-12,18-19H,2,14-17H2,1H3,(H,30,33)(H,31,32). The molecule has 0 saturated carbocycles. The van der Waals surface area contributed by atoms with E-state index in [2.05, 4.69) is 27.1 Å². The highest BCUT2D eigenvalue weighted by atomic mass is 35.5. The maximum absolute atomic E-state index is 12.6. The van der Waals surface area contributed by atoms with Crippen LogP contribution in [0.25, 0.3) is 22.4 Å². The number of carbonyl (C=O) groups is 1. The van der Waals surface area contributed by atoms with Crippen LogP contribution in [0.5, 0.6) is 5.75 Å². The third-order valence-corrected chi connectivity index (χ3v) is 5.34. The summed E-state index contributed by atoms with van der Waals surface area (Å²) >= 11 is 6.11. The number of ether oxygens (including phenoxy) is 3. The van der Waals surface area contributed by atoms with Crippen molar-refractivity contribution in [2.75, 3.05) is 38.4 Å². The number of carbonyl (C=O) groups excluding carboxylic acids is 1. The Kier molecular flexibility index (Phi) is 8.95. The van der Waals surface area contributed by atoms with Crippen LogP contribution < -0.4 is 10.1 Å². The van der Waals surface area contributed by atoms with Crippen molar-refractivity contribution in [3.05, 3.63) is 77.3 Å². The van der Waals surface area contributed by atoms with E-state index < -0.39 is 5.91 Å². The highest BCUT2D eigenvalue weighted by molar-refractivity contribution is 6.31. The monoisotopic (exact) mass is 503 g/mol. The minimum Gasteiger partial charge on any atom is -0.489 e. The number of aromatic nitrogens is 2. The predicted molar refractivity (Wildman–Crippen MR) is 141 cm³/mol. The van der Waals surface area contributed by atoms with Crippen LogP contribution in [-0.2, 0) is 14.3 Å². The molecule has 0 spiro atoms. The minimum absolute atomic E-state index is 0.313. The van der Waals surface area contributed by atoms with Gasteiger partial charge in [0.25, 0.3) is 0 Å². The van der Waals surface area contributed by atoms with E-state index >= 15 is 0 Å². The van der Waals surface area contributed by atoms with E-state index in [9.17, 15) is 4.79 Å². The van der Waals surface area contributed by atoms with Crippen molar-refractivity contribution in [1.29, 1.82) is 0 Å². The third-order valence-electron chi connectivity index (χ3n) is 5.10. The summed E-state index contributed by atoms with van der Waals surface area (Å²) in [6.45, 7) is 4.32. The molecule has 4 rings (SSSR count).